The molecule has 0 fully saturated rings. The summed E-state index contributed by atoms with van der Waals surface area (Å²) in [6.07, 6.45) is 0. The van der Waals surface area contributed by atoms with Crippen molar-refractivity contribution in [3.05, 3.63) is 70.3 Å². The predicted octanol–water partition coefficient (Wildman–Crippen LogP) is 5.13. The fraction of sp³-hybridized carbons (Fsp3) is 0.400. The molecule has 1 N–H and O–H groups in total. The Balaban J connectivity index is 2.43. The molecule has 1 atom stereocenters. The molecule has 0 spiro atoms. The Morgan fingerprint density at radius 3 is 1.86 bits per heavy atom. The van der Waals surface area contributed by atoms with Gasteiger partial charge in [-0.3, -0.25) is 0 Å². The van der Waals surface area contributed by atoms with Crippen molar-refractivity contribution in [1.29, 1.82) is 0 Å². The third-order valence-electron chi connectivity index (χ3n) is 4.18. The minimum atomic E-state index is 0.275. The molecule has 0 saturated heterocycles. The van der Waals surface area contributed by atoms with Gasteiger partial charge in [0.05, 0.1) is 6.04 Å². The molecule has 1 nitrogen and oxygen atoms in total. The first kappa shape index (κ1) is 15.8. The number of hydrogen-bond donors (Lipinski definition) is 1. The fourth-order valence-electron chi connectivity index (χ4n) is 2.95. The average Bonchev–Trinajstić information content (AvgIpc) is 2.46. The molecular formula is C20H27N. The van der Waals surface area contributed by atoms with Gasteiger partial charge in [-0.2, -0.15) is 0 Å². The largest absolute Gasteiger partial charge is 0.307 e. The summed E-state index contributed by atoms with van der Waals surface area (Å²) in [5.41, 5.74) is 6.87. The van der Waals surface area contributed by atoms with Crippen molar-refractivity contribution < 1.29 is 0 Å². The van der Waals surface area contributed by atoms with Crippen LogP contribution in [0.15, 0.2) is 42.5 Å². The zero-order valence-electron chi connectivity index (χ0n) is 13.9. The second-order valence-corrected chi connectivity index (χ2v) is 6.12. The van der Waals surface area contributed by atoms with Crippen molar-refractivity contribution in [2.45, 2.75) is 46.6 Å². The van der Waals surface area contributed by atoms with Gasteiger partial charge in [-0.1, -0.05) is 63.2 Å². The molecule has 112 valence electrons. The molecule has 21 heavy (non-hydrogen) atoms. The monoisotopic (exact) mass is 281 g/mol. The molecule has 2 rings (SSSR count). The number of aryl methyl sites for hydroxylation is 2. The van der Waals surface area contributed by atoms with Crippen molar-refractivity contribution in [2.75, 3.05) is 6.54 Å². The maximum Gasteiger partial charge on any atom is 0.0581 e. The highest BCUT2D eigenvalue weighted by molar-refractivity contribution is 5.42. The van der Waals surface area contributed by atoms with Crippen LogP contribution in [-0.4, -0.2) is 6.54 Å². The third kappa shape index (κ3) is 3.54. The summed E-state index contributed by atoms with van der Waals surface area (Å²) in [5.74, 6) is 0.580. The summed E-state index contributed by atoms with van der Waals surface area (Å²) < 4.78 is 0. The van der Waals surface area contributed by atoms with Crippen LogP contribution in [-0.2, 0) is 0 Å². The second kappa shape index (κ2) is 6.91. The summed E-state index contributed by atoms with van der Waals surface area (Å²) in [6, 6.07) is 15.9. The number of nitrogens with one attached hydrogen (secondary N) is 1. The molecule has 2 aromatic carbocycles. The van der Waals surface area contributed by atoms with Crippen LogP contribution < -0.4 is 5.32 Å². The van der Waals surface area contributed by atoms with E-state index >= 15 is 0 Å². The van der Waals surface area contributed by atoms with Gasteiger partial charge >= 0.3 is 0 Å². The molecule has 0 amide bonds. The quantitative estimate of drug-likeness (QED) is 0.801. The van der Waals surface area contributed by atoms with Gasteiger partial charge in [0.2, 0.25) is 0 Å². The molecule has 1 unspecified atom stereocenters. The Bertz CT molecular complexity index is 561. The summed E-state index contributed by atoms with van der Waals surface area (Å²) in [4.78, 5) is 0. The van der Waals surface area contributed by atoms with E-state index in [-0.39, 0.29) is 6.04 Å². The van der Waals surface area contributed by atoms with E-state index in [4.69, 9.17) is 0 Å². The smallest absolute Gasteiger partial charge is 0.0581 e. The van der Waals surface area contributed by atoms with Crippen LogP contribution in [0.5, 0.6) is 0 Å². The van der Waals surface area contributed by atoms with Gasteiger partial charge in [-0.15, -0.1) is 0 Å². The zero-order chi connectivity index (χ0) is 15.4. The first-order valence-electron chi connectivity index (χ1n) is 7.94. The molecule has 0 aliphatic rings. The lowest BCUT2D eigenvalue weighted by Crippen LogP contribution is -2.23. The average molecular weight is 281 g/mol. The maximum atomic E-state index is 3.65. The van der Waals surface area contributed by atoms with E-state index in [0.29, 0.717) is 5.92 Å². The van der Waals surface area contributed by atoms with Crippen molar-refractivity contribution in [1.82, 2.24) is 5.32 Å². The van der Waals surface area contributed by atoms with Gasteiger partial charge in [0.1, 0.15) is 0 Å². The van der Waals surface area contributed by atoms with Crippen LogP contribution >= 0.6 is 0 Å². The van der Waals surface area contributed by atoms with Crippen LogP contribution in [0.25, 0.3) is 0 Å². The van der Waals surface area contributed by atoms with Crippen LogP contribution in [0.2, 0.25) is 0 Å². The van der Waals surface area contributed by atoms with Crippen molar-refractivity contribution in [3.8, 4) is 0 Å². The van der Waals surface area contributed by atoms with Gasteiger partial charge < -0.3 is 5.32 Å². The standard InChI is InChI=1S/C20H27N/c1-6-21-20(19-15(4)8-7-9-16(19)5)18-12-10-17(11-13-18)14(2)3/h7-14,20-21H,6H2,1-5H3. The highest BCUT2D eigenvalue weighted by Crippen LogP contribution is 2.28. The molecule has 0 radical (unpaired) electrons. The summed E-state index contributed by atoms with van der Waals surface area (Å²) in [7, 11) is 0. The molecular weight excluding hydrogens is 254 g/mol. The Hall–Kier alpha value is -1.60. The minimum absolute atomic E-state index is 0.275. The Morgan fingerprint density at radius 2 is 1.38 bits per heavy atom. The second-order valence-electron chi connectivity index (χ2n) is 6.12. The normalized spacial score (nSPS) is 12.7. The van der Waals surface area contributed by atoms with Gasteiger partial charge in [-0.05, 0) is 54.1 Å². The highest BCUT2D eigenvalue weighted by Gasteiger charge is 2.17. The Morgan fingerprint density at radius 1 is 0.857 bits per heavy atom. The van der Waals surface area contributed by atoms with Crippen molar-refractivity contribution >= 4 is 0 Å². The van der Waals surface area contributed by atoms with E-state index in [1.165, 1.54) is 27.8 Å². The number of hydrogen-bond acceptors (Lipinski definition) is 1. The van der Waals surface area contributed by atoms with E-state index in [1.807, 2.05) is 0 Å². The lowest BCUT2D eigenvalue weighted by Gasteiger charge is -2.23. The van der Waals surface area contributed by atoms with Gasteiger partial charge in [0.15, 0.2) is 0 Å². The molecule has 2 aromatic rings. The van der Waals surface area contributed by atoms with E-state index in [2.05, 4.69) is 82.4 Å². The highest BCUT2D eigenvalue weighted by atomic mass is 14.9. The lowest BCUT2D eigenvalue weighted by molar-refractivity contribution is 0.624. The molecule has 0 bridgehead atoms. The Labute approximate surface area is 129 Å². The van der Waals surface area contributed by atoms with Crippen molar-refractivity contribution in [2.24, 2.45) is 0 Å². The van der Waals surface area contributed by atoms with Crippen LogP contribution in [0.1, 0.15) is 60.5 Å². The fourth-order valence-corrected chi connectivity index (χ4v) is 2.95. The SMILES string of the molecule is CCNC(c1ccc(C(C)C)cc1)c1c(C)cccc1C. The van der Waals surface area contributed by atoms with Gasteiger partial charge in [0.25, 0.3) is 0 Å². The molecule has 0 heterocycles. The predicted molar refractivity (Wildman–Crippen MR) is 92.0 cm³/mol. The number of rotatable bonds is 5. The Kier molecular flexibility index (Phi) is 5.19. The lowest BCUT2D eigenvalue weighted by atomic mass is 9.90. The first-order chi connectivity index (χ1) is 10.0. The molecule has 0 aromatic heterocycles. The van der Waals surface area contributed by atoms with E-state index in [1.54, 1.807) is 0 Å². The molecule has 0 saturated carbocycles. The summed E-state index contributed by atoms with van der Waals surface area (Å²) in [6.45, 7) is 12.0. The zero-order valence-corrected chi connectivity index (χ0v) is 13.9. The van der Waals surface area contributed by atoms with Crippen LogP contribution in [0.3, 0.4) is 0 Å². The van der Waals surface area contributed by atoms with Gasteiger partial charge in [0, 0.05) is 0 Å². The molecule has 1 heteroatoms. The van der Waals surface area contributed by atoms with E-state index < -0.39 is 0 Å². The van der Waals surface area contributed by atoms with Gasteiger partial charge in [-0.25, -0.2) is 0 Å². The molecule has 0 aliphatic carbocycles. The first-order valence-corrected chi connectivity index (χ1v) is 7.94. The van der Waals surface area contributed by atoms with Crippen LogP contribution in [0, 0.1) is 13.8 Å². The van der Waals surface area contributed by atoms with E-state index in [0.717, 1.165) is 6.54 Å². The topological polar surface area (TPSA) is 12.0 Å². The maximum absolute atomic E-state index is 3.65. The van der Waals surface area contributed by atoms with Crippen LogP contribution in [0.4, 0.5) is 0 Å². The molecule has 0 aliphatic heterocycles. The summed E-state index contributed by atoms with van der Waals surface area (Å²) >= 11 is 0. The number of benzene rings is 2. The minimum Gasteiger partial charge on any atom is -0.307 e. The van der Waals surface area contributed by atoms with E-state index in [9.17, 15) is 0 Å². The van der Waals surface area contributed by atoms with Crippen molar-refractivity contribution in [3.63, 3.8) is 0 Å². The third-order valence-corrected chi connectivity index (χ3v) is 4.18. The summed E-state index contributed by atoms with van der Waals surface area (Å²) in [5, 5.41) is 3.65.